The molecule has 4 atom stereocenters. The molecule has 25 heavy (non-hydrogen) atoms. The topological polar surface area (TPSA) is 20.3 Å². The average Bonchev–Trinajstić information content (AvgIpc) is 3.12. The van der Waals surface area contributed by atoms with Crippen LogP contribution in [0.4, 0.5) is 0 Å². The van der Waals surface area contributed by atoms with Gasteiger partial charge in [0.25, 0.3) is 0 Å². The first-order valence-corrected chi connectivity index (χ1v) is 9.18. The number of allylic oxidation sites excluding steroid dienone is 1. The van der Waals surface area contributed by atoms with Gasteiger partial charge in [0, 0.05) is 5.92 Å². The third-order valence-corrected chi connectivity index (χ3v) is 5.56. The van der Waals surface area contributed by atoms with E-state index in [0.29, 0.717) is 0 Å². The summed E-state index contributed by atoms with van der Waals surface area (Å²) < 4.78 is 0. The third-order valence-electron chi connectivity index (χ3n) is 5.56. The molecule has 0 radical (unpaired) electrons. The highest BCUT2D eigenvalue weighted by atomic mass is 16.2. The van der Waals surface area contributed by atoms with Gasteiger partial charge >= 0.3 is 0 Å². The molecule has 1 amide bonds. The molecule has 130 valence electrons. The normalized spacial score (nSPS) is 22.4. The number of hydrogen-bond acceptors (Lipinski definition) is 1. The summed E-state index contributed by atoms with van der Waals surface area (Å²) in [5, 5.41) is 0. The van der Waals surface area contributed by atoms with E-state index in [1.807, 2.05) is 25.1 Å². The summed E-state index contributed by atoms with van der Waals surface area (Å²) in [5.74, 6) is 0.335. The molecule has 1 fully saturated rings. The number of carbonyl (C=O) groups excluding carboxylic acids is 1. The van der Waals surface area contributed by atoms with Gasteiger partial charge in [-0.05, 0) is 29.9 Å². The van der Waals surface area contributed by atoms with Gasteiger partial charge in [-0.25, -0.2) is 0 Å². The highest BCUT2D eigenvalue weighted by Gasteiger charge is 2.40. The maximum Gasteiger partial charge on any atom is 0.227 e. The standard InChI is InChI=1S/C23H27NO/c1-4-17(2)18(3)23(25)24-21(19-11-7-5-8-12-19)15-16-22(24)20-13-9-6-10-14-20/h4-14,17-18,21-22H,1,15-16H2,2-3H3/t17-,18+,21-,22-/m1/s1. The van der Waals surface area contributed by atoms with Crippen molar-refractivity contribution in [1.29, 1.82) is 0 Å². The maximum absolute atomic E-state index is 13.4. The van der Waals surface area contributed by atoms with Gasteiger partial charge in [0.05, 0.1) is 12.1 Å². The highest BCUT2D eigenvalue weighted by molar-refractivity contribution is 5.80. The summed E-state index contributed by atoms with van der Waals surface area (Å²) in [4.78, 5) is 15.5. The van der Waals surface area contributed by atoms with E-state index in [4.69, 9.17) is 0 Å². The Labute approximate surface area is 151 Å². The molecule has 3 rings (SSSR count). The van der Waals surface area contributed by atoms with Crippen LogP contribution in [0.5, 0.6) is 0 Å². The van der Waals surface area contributed by atoms with Gasteiger partial charge in [0.1, 0.15) is 0 Å². The lowest BCUT2D eigenvalue weighted by Crippen LogP contribution is -2.38. The Morgan fingerprint density at radius 1 is 0.960 bits per heavy atom. The van der Waals surface area contributed by atoms with E-state index in [1.54, 1.807) is 0 Å². The second-order valence-electron chi connectivity index (χ2n) is 7.06. The van der Waals surface area contributed by atoms with Gasteiger partial charge in [0.15, 0.2) is 0 Å². The lowest BCUT2D eigenvalue weighted by Gasteiger charge is -2.34. The summed E-state index contributed by atoms with van der Waals surface area (Å²) in [7, 11) is 0. The lowest BCUT2D eigenvalue weighted by atomic mass is 9.93. The third kappa shape index (κ3) is 3.53. The summed E-state index contributed by atoms with van der Waals surface area (Å²) in [6, 6.07) is 21.2. The van der Waals surface area contributed by atoms with Crippen molar-refractivity contribution in [2.24, 2.45) is 11.8 Å². The highest BCUT2D eigenvalue weighted by Crippen LogP contribution is 2.45. The van der Waals surface area contributed by atoms with Crippen LogP contribution >= 0.6 is 0 Å². The van der Waals surface area contributed by atoms with Crippen molar-refractivity contribution in [3.63, 3.8) is 0 Å². The summed E-state index contributed by atoms with van der Waals surface area (Å²) in [6.07, 6.45) is 3.89. The molecule has 0 aliphatic carbocycles. The number of benzene rings is 2. The Bertz CT molecular complexity index is 662. The van der Waals surface area contributed by atoms with Crippen molar-refractivity contribution >= 4 is 5.91 Å². The molecule has 0 unspecified atom stereocenters. The minimum Gasteiger partial charge on any atom is -0.328 e. The molecule has 2 heteroatoms. The zero-order chi connectivity index (χ0) is 17.8. The quantitative estimate of drug-likeness (QED) is 0.657. The molecule has 2 aromatic carbocycles. The van der Waals surface area contributed by atoms with Gasteiger partial charge < -0.3 is 4.90 Å². The monoisotopic (exact) mass is 333 g/mol. The van der Waals surface area contributed by atoms with E-state index in [-0.39, 0.29) is 29.8 Å². The minimum absolute atomic E-state index is 0.0620. The molecule has 0 N–H and O–H groups in total. The molecule has 0 saturated carbocycles. The summed E-state index contributed by atoms with van der Waals surface area (Å²) in [5.41, 5.74) is 2.46. The Morgan fingerprint density at radius 2 is 1.40 bits per heavy atom. The molecule has 1 heterocycles. The van der Waals surface area contributed by atoms with Crippen LogP contribution in [0.2, 0.25) is 0 Å². The van der Waals surface area contributed by atoms with Gasteiger partial charge in [0.2, 0.25) is 5.91 Å². The van der Waals surface area contributed by atoms with Gasteiger partial charge in [-0.1, -0.05) is 80.6 Å². The van der Waals surface area contributed by atoms with Crippen LogP contribution in [0.3, 0.4) is 0 Å². The average molecular weight is 333 g/mol. The number of hydrogen-bond donors (Lipinski definition) is 0. The molecule has 2 nitrogen and oxygen atoms in total. The van der Waals surface area contributed by atoms with Crippen molar-refractivity contribution in [3.05, 3.63) is 84.4 Å². The van der Waals surface area contributed by atoms with Crippen LogP contribution in [0.25, 0.3) is 0 Å². The molecule has 1 aliphatic rings. The summed E-state index contributed by atoms with van der Waals surface area (Å²) in [6.45, 7) is 7.97. The Balaban J connectivity index is 1.97. The van der Waals surface area contributed by atoms with Crippen LogP contribution in [-0.4, -0.2) is 10.8 Å². The molecule has 0 bridgehead atoms. The van der Waals surface area contributed by atoms with Crippen molar-refractivity contribution in [1.82, 2.24) is 4.90 Å². The number of amides is 1. The van der Waals surface area contributed by atoms with Crippen LogP contribution in [0.1, 0.15) is 49.9 Å². The first kappa shape index (κ1) is 17.5. The molecule has 0 spiro atoms. The zero-order valence-electron chi connectivity index (χ0n) is 15.1. The predicted molar refractivity (Wildman–Crippen MR) is 103 cm³/mol. The van der Waals surface area contributed by atoms with Crippen molar-refractivity contribution in [2.45, 2.75) is 38.8 Å². The molecule has 1 saturated heterocycles. The fourth-order valence-electron chi connectivity index (χ4n) is 3.79. The predicted octanol–water partition coefficient (Wildman–Crippen LogP) is 5.55. The Hall–Kier alpha value is -2.35. The smallest absolute Gasteiger partial charge is 0.227 e. The van der Waals surface area contributed by atoms with Crippen molar-refractivity contribution in [2.75, 3.05) is 0 Å². The molecule has 1 aliphatic heterocycles. The lowest BCUT2D eigenvalue weighted by molar-refractivity contribution is -0.139. The fraction of sp³-hybridized carbons (Fsp3) is 0.348. The first-order chi connectivity index (χ1) is 12.1. The zero-order valence-corrected chi connectivity index (χ0v) is 15.1. The second kappa shape index (κ2) is 7.69. The second-order valence-corrected chi connectivity index (χ2v) is 7.06. The van der Waals surface area contributed by atoms with Crippen LogP contribution < -0.4 is 0 Å². The molecule has 0 aromatic heterocycles. The van der Waals surface area contributed by atoms with E-state index in [1.165, 1.54) is 11.1 Å². The fourth-order valence-corrected chi connectivity index (χ4v) is 3.79. The molecule has 2 aromatic rings. The van der Waals surface area contributed by atoms with E-state index in [0.717, 1.165) is 12.8 Å². The molecular formula is C23H27NO. The van der Waals surface area contributed by atoms with Crippen LogP contribution in [0.15, 0.2) is 73.3 Å². The van der Waals surface area contributed by atoms with Crippen molar-refractivity contribution < 1.29 is 4.79 Å². The minimum atomic E-state index is -0.0620. The number of rotatable bonds is 5. The number of carbonyl (C=O) groups is 1. The van der Waals surface area contributed by atoms with E-state index >= 15 is 0 Å². The first-order valence-electron chi connectivity index (χ1n) is 9.18. The maximum atomic E-state index is 13.4. The SMILES string of the molecule is C=C[C@@H](C)[C@H](C)C(=O)N1[C@@H](c2ccccc2)CC[C@@H]1c1ccccc1. The van der Waals surface area contributed by atoms with Crippen molar-refractivity contribution in [3.8, 4) is 0 Å². The van der Waals surface area contributed by atoms with Gasteiger partial charge in [-0.15, -0.1) is 6.58 Å². The van der Waals surface area contributed by atoms with Gasteiger partial charge in [-0.2, -0.15) is 0 Å². The molecular weight excluding hydrogens is 306 g/mol. The van der Waals surface area contributed by atoms with Crippen LogP contribution in [-0.2, 0) is 4.79 Å². The number of nitrogens with zero attached hydrogens (tertiary/aromatic N) is 1. The largest absolute Gasteiger partial charge is 0.328 e. The Morgan fingerprint density at radius 3 is 1.80 bits per heavy atom. The van der Waals surface area contributed by atoms with E-state index in [9.17, 15) is 4.79 Å². The Kier molecular flexibility index (Phi) is 5.37. The van der Waals surface area contributed by atoms with Crippen LogP contribution in [0, 0.1) is 11.8 Å². The number of likely N-dealkylation sites (tertiary alicyclic amines) is 1. The van der Waals surface area contributed by atoms with E-state index < -0.39 is 0 Å². The summed E-state index contributed by atoms with van der Waals surface area (Å²) >= 11 is 0. The van der Waals surface area contributed by atoms with E-state index in [2.05, 4.69) is 66.9 Å². The van der Waals surface area contributed by atoms with Gasteiger partial charge in [-0.3, -0.25) is 4.79 Å².